The third kappa shape index (κ3) is 4.59. The highest BCUT2D eigenvalue weighted by atomic mass is 79.9. The summed E-state index contributed by atoms with van der Waals surface area (Å²) in [4.78, 5) is 29.9. The maximum absolute atomic E-state index is 13.1. The van der Waals surface area contributed by atoms with Gasteiger partial charge >= 0.3 is 0 Å². The summed E-state index contributed by atoms with van der Waals surface area (Å²) in [6.45, 7) is 5.93. The van der Waals surface area contributed by atoms with E-state index in [2.05, 4.69) is 20.8 Å². The van der Waals surface area contributed by atoms with Crippen LogP contribution in [-0.4, -0.2) is 66.0 Å². The number of nitrogens with zero attached hydrogens (tertiary/aromatic N) is 2. The van der Waals surface area contributed by atoms with Crippen LogP contribution in [0, 0.1) is 6.92 Å². The monoisotopic (exact) mass is 484 g/mol. The molecule has 1 atom stereocenters. The Hall–Kier alpha value is -2.48. The first kappa shape index (κ1) is 21.7. The van der Waals surface area contributed by atoms with Crippen LogP contribution in [0.4, 0.5) is 0 Å². The van der Waals surface area contributed by atoms with Crippen LogP contribution in [0.15, 0.2) is 58.6 Å². The molecule has 0 bridgehead atoms. The van der Waals surface area contributed by atoms with Crippen LogP contribution in [0.3, 0.4) is 0 Å². The Morgan fingerprint density at radius 3 is 2.48 bits per heavy atom. The van der Waals surface area contributed by atoms with Crippen LogP contribution < -0.4 is 0 Å². The Balaban J connectivity index is 1.73. The van der Waals surface area contributed by atoms with Gasteiger partial charge in [-0.05, 0) is 24.6 Å². The Bertz CT molecular complexity index is 1010. The Morgan fingerprint density at radius 1 is 1.10 bits per heavy atom. The maximum atomic E-state index is 13.1. The zero-order chi connectivity index (χ0) is 22.0. The first-order valence-electron chi connectivity index (χ1n) is 10.4. The highest BCUT2D eigenvalue weighted by Crippen LogP contribution is 2.39. The Morgan fingerprint density at radius 2 is 1.81 bits per heavy atom. The summed E-state index contributed by atoms with van der Waals surface area (Å²) in [6.07, 6.45) is 0. The van der Waals surface area contributed by atoms with Crippen LogP contribution in [0.25, 0.3) is 5.76 Å². The number of aryl methyl sites for hydroxylation is 1. The molecule has 0 unspecified atom stereocenters. The van der Waals surface area contributed by atoms with E-state index >= 15 is 0 Å². The van der Waals surface area contributed by atoms with Crippen molar-refractivity contribution in [2.45, 2.75) is 13.0 Å². The fraction of sp³-hybridized carbons (Fsp3) is 0.333. The normalized spacial score (nSPS) is 21.6. The second-order valence-corrected chi connectivity index (χ2v) is 8.78. The van der Waals surface area contributed by atoms with E-state index in [9.17, 15) is 14.7 Å². The summed E-state index contributed by atoms with van der Waals surface area (Å²) in [5, 5.41) is 11.1. The average Bonchev–Trinajstić information content (AvgIpc) is 3.03. The minimum Gasteiger partial charge on any atom is -0.507 e. The van der Waals surface area contributed by atoms with Crippen molar-refractivity contribution in [2.75, 3.05) is 39.4 Å². The molecule has 0 spiro atoms. The molecule has 2 aliphatic heterocycles. The number of ketones is 1. The first-order chi connectivity index (χ1) is 15.0. The van der Waals surface area contributed by atoms with Gasteiger partial charge in [-0.2, -0.15) is 0 Å². The number of Topliss-reactive ketones (excluding diaryl/α,β-unsaturated/α-hetero) is 1. The van der Waals surface area contributed by atoms with Crippen molar-refractivity contribution >= 4 is 33.4 Å². The van der Waals surface area contributed by atoms with Crippen molar-refractivity contribution < 1.29 is 19.4 Å². The first-order valence-corrected chi connectivity index (χ1v) is 11.2. The fourth-order valence-electron chi connectivity index (χ4n) is 4.07. The number of hydrogen-bond acceptors (Lipinski definition) is 5. The molecule has 2 heterocycles. The third-order valence-electron chi connectivity index (χ3n) is 5.79. The van der Waals surface area contributed by atoms with E-state index in [1.54, 1.807) is 17.0 Å². The topological polar surface area (TPSA) is 70.1 Å². The molecule has 2 aromatic rings. The fourth-order valence-corrected chi connectivity index (χ4v) is 4.49. The van der Waals surface area contributed by atoms with Crippen molar-refractivity contribution in [3.63, 3.8) is 0 Å². The maximum Gasteiger partial charge on any atom is 0.295 e. The molecule has 2 aromatic carbocycles. The van der Waals surface area contributed by atoms with Gasteiger partial charge in [-0.15, -0.1) is 0 Å². The van der Waals surface area contributed by atoms with Gasteiger partial charge in [-0.25, -0.2) is 0 Å². The van der Waals surface area contributed by atoms with Gasteiger partial charge in [-0.3, -0.25) is 14.5 Å². The van der Waals surface area contributed by atoms with E-state index in [4.69, 9.17) is 4.74 Å². The predicted molar refractivity (Wildman–Crippen MR) is 122 cm³/mol. The average molecular weight is 485 g/mol. The van der Waals surface area contributed by atoms with Crippen LogP contribution in [0.2, 0.25) is 0 Å². The molecule has 0 radical (unpaired) electrons. The van der Waals surface area contributed by atoms with E-state index in [1.807, 2.05) is 43.3 Å². The summed E-state index contributed by atoms with van der Waals surface area (Å²) in [5.41, 5.74) is 2.49. The number of carbonyl (C=O) groups is 2. The van der Waals surface area contributed by atoms with Crippen molar-refractivity contribution in [1.29, 1.82) is 0 Å². The molecule has 7 heteroatoms. The molecule has 0 aromatic heterocycles. The molecule has 2 aliphatic rings. The lowest BCUT2D eigenvalue weighted by atomic mass is 9.95. The number of aliphatic hydroxyl groups is 1. The quantitative estimate of drug-likeness (QED) is 0.399. The molecule has 2 fully saturated rings. The second-order valence-electron chi connectivity index (χ2n) is 7.87. The molecule has 2 saturated heterocycles. The largest absolute Gasteiger partial charge is 0.507 e. The number of halogens is 1. The highest BCUT2D eigenvalue weighted by molar-refractivity contribution is 9.10. The molecular weight excluding hydrogens is 460 g/mol. The smallest absolute Gasteiger partial charge is 0.295 e. The number of hydrogen-bond donors (Lipinski definition) is 1. The van der Waals surface area contributed by atoms with Crippen molar-refractivity contribution in [1.82, 2.24) is 9.80 Å². The van der Waals surface area contributed by atoms with E-state index in [-0.39, 0.29) is 11.3 Å². The van der Waals surface area contributed by atoms with E-state index in [0.29, 0.717) is 31.9 Å². The SMILES string of the molecule is Cc1ccc(C(O)=C2C(=O)C(=O)N(CCN3CCOCC3)[C@@H]2c2cccc(Br)c2)cc1. The van der Waals surface area contributed by atoms with Crippen LogP contribution in [-0.2, 0) is 14.3 Å². The summed E-state index contributed by atoms with van der Waals surface area (Å²) >= 11 is 3.48. The minimum atomic E-state index is -0.648. The Kier molecular flexibility index (Phi) is 6.55. The van der Waals surface area contributed by atoms with Gasteiger partial charge in [-0.1, -0.05) is 57.9 Å². The van der Waals surface area contributed by atoms with Gasteiger partial charge < -0.3 is 14.7 Å². The van der Waals surface area contributed by atoms with E-state index in [0.717, 1.165) is 28.7 Å². The van der Waals surface area contributed by atoms with Crippen LogP contribution in [0.1, 0.15) is 22.7 Å². The molecular formula is C24H25BrN2O4. The molecule has 1 amide bonds. The van der Waals surface area contributed by atoms with Crippen molar-refractivity contribution in [3.05, 3.63) is 75.3 Å². The van der Waals surface area contributed by atoms with Gasteiger partial charge in [0.1, 0.15) is 5.76 Å². The lowest BCUT2D eigenvalue weighted by Gasteiger charge is -2.31. The van der Waals surface area contributed by atoms with Crippen LogP contribution >= 0.6 is 15.9 Å². The Labute approximate surface area is 190 Å². The summed E-state index contributed by atoms with van der Waals surface area (Å²) < 4.78 is 6.24. The standard InChI is InChI=1S/C24H25BrN2O4/c1-16-5-7-17(8-6-16)22(28)20-21(18-3-2-4-19(25)15-18)27(24(30)23(20)29)10-9-26-11-13-31-14-12-26/h2-8,15,21,28H,9-14H2,1H3/t21-/m1/s1. The number of aliphatic hydroxyl groups excluding tert-OH is 1. The van der Waals surface area contributed by atoms with E-state index < -0.39 is 17.7 Å². The zero-order valence-corrected chi connectivity index (χ0v) is 19.0. The number of rotatable bonds is 5. The van der Waals surface area contributed by atoms with Crippen LogP contribution in [0.5, 0.6) is 0 Å². The number of amides is 1. The molecule has 31 heavy (non-hydrogen) atoms. The predicted octanol–water partition coefficient (Wildman–Crippen LogP) is 3.51. The molecule has 162 valence electrons. The number of benzene rings is 2. The molecule has 6 nitrogen and oxygen atoms in total. The number of morpholine rings is 1. The molecule has 1 N–H and O–H groups in total. The molecule has 0 saturated carbocycles. The van der Waals surface area contributed by atoms with Gasteiger partial charge in [0, 0.05) is 36.2 Å². The lowest BCUT2D eigenvalue weighted by molar-refractivity contribution is -0.140. The van der Waals surface area contributed by atoms with E-state index in [1.165, 1.54) is 0 Å². The lowest BCUT2D eigenvalue weighted by Crippen LogP contribution is -2.42. The van der Waals surface area contributed by atoms with Gasteiger partial charge in [0.25, 0.3) is 11.7 Å². The number of likely N-dealkylation sites (tertiary alicyclic amines) is 1. The molecule has 4 rings (SSSR count). The summed E-state index contributed by atoms with van der Waals surface area (Å²) in [7, 11) is 0. The molecule has 0 aliphatic carbocycles. The van der Waals surface area contributed by atoms with Crippen molar-refractivity contribution in [2.24, 2.45) is 0 Å². The third-order valence-corrected chi connectivity index (χ3v) is 6.28. The summed E-state index contributed by atoms with van der Waals surface area (Å²) in [6, 6.07) is 14.2. The number of carbonyl (C=O) groups excluding carboxylic acids is 2. The minimum absolute atomic E-state index is 0.133. The van der Waals surface area contributed by atoms with Crippen molar-refractivity contribution in [3.8, 4) is 0 Å². The highest BCUT2D eigenvalue weighted by Gasteiger charge is 2.46. The van der Waals surface area contributed by atoms with Gasteiger partial charge in [0.15, 0.2) is 0 Å². The zero-order valence-electron chi connectivity index (χ0n) is 17.4. The second kappa shape index (κ2) is 9.34. The van der Waals surface area contributed by atoms with Gasteiger partial charge in [0.05, 0.1) is 24.8 Å². The van der Waals surface area contributed by atoms with Gasteiger partial charge in [0.2, 0.25) is 0 Å². The number of ether oxygens (including phenoxy) is 1. The summed E-state index contributed by atoms with van der Waals surface area (Å²) in [5.74, 6) is -1.37.